The second-order valence-corrected chi connectivity index (χ2v) is 10.8. The number of anilines is 1. The second-order valence-electron chi connectivity index (χ2n) is 10.4. The lowest BCUT2D eigenvalue weighted by atomic mass is 9.75. The Labute approximate surface area is 221 Å². The van der Waals surface area contributed by atoms with Crippen molar-refractivity contribution in [2.75, 3.05) is 32.5 Å². The summed E-state index contributed by atoms with van der Waals surface area (Å²) in [5.41, 5.74) is 8.76. The third-order valence-electron chi connectivity index (χ3n) is 8.02. The zero-order valence-corrected chi connectivity index (χ0v) is 22.1. The van der Waals surface area contributed by atoms with Gasteiger partial charge in [0.2, 0.25) is 0 Å². The van der Waals surface area contributed by atoms with Gasteiger partial charge in [-0.05, 0) is 99.7 Å². The molecule has 1 aliphatic heterocycles. The number of rotatable bonds is 6. The molecule has 8 heteroatoms. The van der Waals surface area contributed by atoms with Crippen molar-refractivity contribution in [3.05, 3.63) is 46.2 Å². The number of nitrogen functional groups attached to an aromatic ring is 1. The van der Waals surface area contributed by atoms with Gasteiger partial charge in [0.25, 0.3) is 0 Å². The van der Waals surface area contributed by atoms with Crippen molar-refractivity contribution in [1.82, 2.24) is 9.88 Å². The predicted octanol–water partition coefficient (Wildman–Crippen LogP) is 6.56. The Bertz CT molecular complexity index is 1350. The summed E-state index contributed by atoms with van der Waals surface area (Å²) in [4.78, 5) is 19.8. The largest absolute Gasteiger partial charge is 0.503 e. The smallest absolute Gasteiger partial charge is 0.176 e. The molecule has 3 N–H and O–H groups in total. The number of ketones is 1. The van der Waals surface area contributed by atoms with Gasteiger partial charge >= 0.3 is 0 Å². The van der Waals surface area contributed by atoms with Crippen LogP contribution in [0.5, 0.6) is 11.5 Å². The molecule has 2 aliphatic rings. The van der Waals surface area contributed by atoms with Crippen molar-refractivity contribution in [3.63, 3.8) is 0 Å². The van der Waals surface area contributed by atoms with E-state index in [1.165, 1.54) is 52.1 Å². The molecule has 2 heterocycles. The van der Waals surface area contributed by atoms with E-state index in [1.54, 1.807) is 12.1 Å². The van der Waals surface area contributed by atoms with Crippen molar-refractivity contribution in [2.45, 2.75) is 51.4 Å². The molecule has 0 radical (unpaired) electrons. The standard InChI is InChI=1S/C29H33ClFN3O3/c1-16(35)26-27(18-7-5-17(6-8-18)15-34-9-3-4-10-34)21-13-20(23(31)14-24(21)33-29(26)32)19-11-22(30)28(36)25(12-19)37-2/h11-14,17-18,36H,3-10,15H2,1-2H3,(H2,32,33). The first-order chi connectivity index (χ1) is 17.8. The summed E-state index contributed by atoms with van der Waals surface area (Å²) in [6.45, 7) is 5.04. The fraction of sp³-hybridized carbons (Fsp3) is 0.448. The lowest BCUT2D eigenvalue weighted by molar-refractivity contribution is 0.101. The molecule has 37 heavy (non-hydrogen) atoms. The number of hydrogen-bond acceptors (Lipinski definition) is 6. The van der Waals surface area contributed by atoms with E-state index in [4.69, 9.17) is 22.1 Å². The molecular weight excluding hydrogens is 493 g/mol. The Morgan fingerprint density at radius 2 is 1.89 bits per heavy atom. The number of nitrogens with zero attached hydrogens (tertiary/aromatic N) is 2. The van der Waals surface area contributed by atoms with Crippen LogP contribution >= 0.6 is 11.6 Å². The van der Waals surface area contributed by atoms with Gasteiger partial charge in [0, 0.05) is 23.6 Å². The highest BCUT2D eigenvalue weighted by molar-refractivity contribution is 6.32. The zero-order chi connectivity index (χ0) is 26.3. The molecule has 1 saturated heterocycles. The number of ether oxygens (including phenoxy) is 1. The maximum atomic E-state index is 15.4. The van der Waals surface area contributed by atoms with E-state index in [0.29, 0.717) is 22.6 Å². The number of halogens is 2. The van der Waals surface area contributed by atoms with Crippen molar-refractivity contribution in [3.8, 4) is 22.6 Å². The average Bonchev–Trinajstić information content (AvgIpc) is 3.38. The summed E-state index contributed by atoms with van der Waals surface area (Å²) < 4.78 is 20.6. The van der Waals surface area contributed by atoms with Crippen LogP contribution in [0.2, 0.25) is 5.02 Å². The molecule has 2 fully saturated rings. The van der Waals surface area contributed by atoms with Gasteiger partial charge in [0.1, 0.15) is 11.6 Å². The van der Waals surface area contributed by atoms with E-state index in [9.17, 15) is 9.90 Å². The molecule has 2 aromatic carbocycles. The maximum absolute atomic E-state index is 15.4. The predicted molar refractivity (Wildman–Crippen MR) is 145 cm³/mol. The van der Waals surface area contributed by atoms with Crippen LogP contribution in [0, 0.1) is 11.7 Å². The quantitative estimate of drug-likeness (QED) is 0.354. The SMILES string of the molecule is COc1cc(-c2cc3c(C4CCC(CN5CCCC5)CC4)c(C(C)=O)c(N)nc3cc2F)cc(Cl)c1O. The van der Waals surface area contributed by atoms with E-state index in [-0.39, 0.29) is 39.6 Å². The van der Waals surface area contributed by atoms with E-state index in [0.717, 1.165) is 43.2 Å². The van der Waals surface area contributed by atoms with Crippen LogP contribution < -0.4 is 10.5 Å². The van der Waals surface area contributed by atoms with Gasteiger partial charge in [-0.25, -0.2) is 9.37 Å². The van der Waals surface area contributed by atoms with Crippen LogP contribution in [-0.2, 0) is 0 Å². The van der Waals surface area contributed by atoms with Gasteiger partial charge in [-0.1, -0.05) is 11.6 Å². The number of likely N-dealkylation sites (tertiary alicyclic amines) is 1. The number of hydrogen-bond donors (Lipinski definition) is 2. The van der Waals surface area contributed by atoms with E-state index >= 15 is 4.39 Å². The summed E-state index contributed by atoms with van der Waals surface area (Å²) in [5, 5.41) is 10.9. The number of aromatic hydroxyl groups is 1. The molecule has 1 aromatic heterocycles. The fourth-order valence-electron chi connectivity index (χ4n) is 6.19. The fourth-order valence-corrected chi connectivity index (χ4v) is 6.40. The minimum absolute atomic E-state index is 0.0604. The Morgan fingerprint density at radius 3 is 2.54 bits per heavy atom. The molecule has 0 atom stereocenters. The third-order valence-corrected chi connectivity index (χ3v) is 8.31. The number of phenolic OH excluding ortho intramolecular Hbond substituents is 1. The number of nitrogens with two attached hydrogens (primary N) is 1. The molecule has 1 aliphatic carbocycles. The molecule has 3 aromatic rings. The van der Waals surface area contributed by atoms with Gasteiger partial charge in [0.15, 0.2) is 17.3 Å². The number of benzene rings is 2. The molecule has 0 spiro atoms. The van der Waals surface area contributed by atoms with Crippen molar-refractivity contribution < 1.29 is 19.0 Å². The number of Topliss-reactive ketones (excluding diaryl/α,β-unsaturated/α-hetero) is 1. The summed E-state index contributed by atoms with van der Waals surface area (Å²) in [6, 6.07) is 6.15. The topological polar surface area (TPSA) is 88.7 Å². The van der Waals surface area contributed by atoms with Crippen LogP contribution in [0.4, 0.5) is 10.2 Å². The zero-order valence-electron chi connectivity index (χ0n) is 21.3. The van der Waals surface area contributed by atoms with E-state index in [2.05, 4.69) is 9.88 Å². The van der Waals surface area contributed by atoms with Crippen LogP contribution in [0.3, 0.4) is 0 Å². The summed E-state index contributed by atoms with van der Waals surface area (Å²) in [7, 11) is 1.41. The normalized spacial score (nSPS) is 20.4. The first kappa shape index (κ1) is 25.7. The Balaban J connectivity index is 1.58. The highest BCUT2D eigenvalue weighted by atomic mass is 35.5. The molecule has 0 bridgehead atoms. The van der Waals surface area contributed by atoms with Gasteiger partial charge in [-0.3, -0.25) is 4.79 Å². The maximum Gasteiger partial charge on any atom is 0.176 e. The number of aromatic nitrogens is 1. The summed E-state index contributed by atoms with van der Waals surface area (Å²) in [5.74, 6) is 0.251. The minimum atomic E-state index is -0.501. The number of fused-ring (bicyclic) bond motifs is 1. The number of carbonyl (C=O) groups excluding carboxylic acids is 1. The average molecular weight is 526 g/mol. The van der Waals surface area contributed by atoms with Gasteiger partial charge in [0.05, 0.1) is 23.2 Å². The monoisotopic (exact) mass is 525 g/mol. The van der Waals surface area contributed by atoms with Gasteiger partial charge < -0.3 is 20.5 Å². The molecular formula is C29H33ClFN3O3. The van der Waals surface area contributed by atoms with Crippen LogP contribution in [0.1, 0.15) is 67.3 Å². The Hall–Kier alpha value is -2.90. The van der Waals surface area contributed by atoms with Crippen LogP contribution in [-0.4, -0.2) is 47.5 Å². The molecule has 196 valence electrons. The van der Waals surface area contributed by atoms with Gasteiger partial charge in [-0.15, -0.1) is 0 Å². The summed E-state index contributed by atoms with van der Waals surface area (Å²) in [6.07, 6.45) is 6.64. The Morgan fingerprint density at radius 1 is 1.19 bits per heavy atom. The highest BCUT2D eigenvalue weighted by Gasteiger charge is 2.30. The number of pyridine rings is 1. The first-order valence-electron chi connectivity index (χ1n) is 13.0. The lowest BCUT2D eigenvalue weighted by Crippen LogP contribution is -2.29. The molecule has 5 rings (SSSR count). The van der Waals surface area contributed by atoms with E-state index in [1.807, 2.05) is 0 Å². The molecule has 0 unspecified atom stereocenters. The molecule has 6 nitrogen and oxygen atoms in total. The van der Waals surface area contributed by atoms with Crippen molar-refractivity contribution in [2.24, 2.45) is 5.92 Å². The third kappa shape index (κ3) is 4.99. The highest BCUT2D eigenvalue weighted by Crippen LogP contribution is 2.44. The molecule has 0 amide bonds. The number of carbonyl (C=O) groups is 1. The second kappa shape index (κ2) is 10.5. The number of methoxy groups -OCH3 is 1. The van der Waals surface area contributed by atoms with Crippen LogP contribution in [0.25, 0.3) is 22.0 Å². The number of phenols is 1. The summed E-state index contributed by atoms with van der Waals surface area (Å²) >= 11 is 6.20. The molecule has 1 saturated carbocycles. The van der Waals surface area contributed by atoms with E-state index < -0.39 is 5.82 Å². The minimum Gasteiger partial charge on any atom is -0.503 e. The van der Waals surface area contributed by atoms with Crippen molar-refractivity contribution in [1.29, 1.82) is 0 Å². The first-order valence-corrected chi connectivity index (χ1v) is 13.4. The lowest BCUT2D eigenvalue weighted by Gasteiger charge is -2.32. The van der Waals surface area contributed by atoms with Crippen molar-refractivity contribution >= 4 is 34.1 Å². The van der Waals surface area contributed by atoms with Gasteiger partial charge in [-0.2, -0.15) is 0 Å². The Kier molecular flexibility index (Phi) is 7.28. The van der Waals surface area contributed by atoms with Crippen LogP contribution in [0.15, 0.2) is 24.3 Å².